The first kappa shape index (κ1) is 18.9. The first-order valence-corrected chi connectivity index (χ1v) is 10.5. The van der Waals surface area contributed by atoms with Gasteiger partial charge in [-0.25, -0.2) is 14.6 Å². The molecule has 0 atom stereocenters. The molecule has 2 aromatic heterocycles. The number of nitrogens with one attached hydrogen (secondary N) is 1. The molecule has 2 aliphatic heterocycles. The van der Waals surface area contributed by atoms with Crippen LogP contribution in [0.5, 0.6) is 11.5 Å². The maximum atomic E-state index is 13.1. The summed E-state index contributed by atoms with van der Waals surface area (Å²) in [5.41, 5.74) is 2.24. The largest absolute Gasteiger partial charge is 0.449 e. The number of nitrogens with zero attached hydrogens (tertiary/aromatic N) is 4. The monoisotopic (exact) mass is 407 g/mol. The van der Waals surface area contributed by atoms with Gasteiger partial charge in [0.25, 0.3) is 0 Å². The zero-order valence-electron chi connectivity index (χ0n) is 17.0. The molecule has 0 spiro atoms. The van der Waals surface area contributed by atoms with Crippen LogP contribution in [0.4, 0.5) is 5.95 Å². The van der Waals surface area contributed by atoms with Crippen molar-refractivity contribution >= 4 is 5.95 Å². The normalized spacial score (nSPS) is 16.4. The van der Waals surface area contributed by atoms with Gasteiger partial charge < -0.3 is 14.8 Å². The van der Waals surface area contributed by atoms with E-state index in [-0.39, 0.29) is 5.56 Å². The lowest BCUT2D eigenvalue weighted by molar-refractivity contribution is 0.0903. The number of aryl methyl sites for hydroxylation is 1. The standard InChI is InChI=1S/C22H25N5O3/c1-15-5-2-3-6-18(15)30-20-19(26-11-4-12-27(26)21(20)28)17-7-10-23-22(25-17)24-16-8-13-29-14-9-16/h2-3,5-7,10,16H,4,8-9,11-14H2,1H3,(H,23,24,25). The van der Waals surface area contributed by atoms with Crippen LogP contribution >= 0.6 is 0 Å². The number of anilines is 1. The zero-order valence-corrected chi connectivity index (χ0v) is 17.0. The van der Waals surface area contributed by atoms with E-state index in [1.165, 1.54) is 0 Å². The summed E-state index contributed by atoms with van der Waals surface area (Å²) < 4.78 is 15.3. The fourth-order valence-corrected chi connectivity index (χ4v) is 4.10. The van der Waals surface area contributed by atoms with Crippen molar-refractivity contribution in [3.05, 3.63) is 52.4 Å². The highest BCUT2D eigenvalue weighted by Crippen LogP contribution is 2.33. The molecule has 0 bridgehead atoms. The molecule has 1 N–H and O–H groups in total. The minimum atomic E-state index is -0.122. The Bertz CT molecular complexity index is 1110. The Morgan fingerprint density at radius 1 is 1.13 bits per heavy atom. The summed E-state index contributed by atoms with van der Waals surface area (Å²) in [6.45, 7) is 4.90. The van der Waals surface area contributed by atoms with Crippen LogP contribution in [0, 0.1) is 6.92 Å². The predicted molar refractivity (Wildman–Crippen MR) is 113 cm³/mol. The number of rotatable bonds is 5. The lowest BCUT2D eigenvalue weighted by atomic mass is 10.1. The minimum absolute atomic E-state index is 0.122. The molecule has 0 aliphatic carbocycles. The third-order valence-corrected chi connectivity index (χ3v) is 5.69. The Labute approximate surface area is 174 Å². The molecule has 156 valence electrons. The Hall–Kier alpha value is -3.13. The molecule has 0 amide bonds. The SMILES string of the molecule is Cc1ccccc1Oc1c(-c2ccnc(NC3CCOCC3)n2)n2n(c1=O)CCC2. The lowest BCUT2D eigenvalue weighted by Crippen LogP contribution is -2.28. The summed E-state index contributed by atoms with van der Waals surface area (Å²) in [5, 5.41) is 3.41. The fraction of sp³-hybridized carbons (Fsp3) is 0.409. The molecule has 1 fully saturated rings. The highest BCUT2D eigenvalue weighted by Gasteiger charge is 2.28. The summed E-state index contributed by atoms with van der Waals surface area (Å²) in [6.07, 6.45) is 4.50. The summed E-state index contributed by atoms with van der Waals surface area (Å²) in [5.74, 6) is 1.56. The van der Waals surface area contributed by atoms with Gasteiger partial charge in [0.05, 0.1) is 5.69 Å². The number of aromatic nitrogens is 4. The second-order valence-electron chi connectivity index (χ2n) is 7.75. The molecule has 0 unspecified atom stereocenters. The van der Waals surface area contributed by atoms with Gasteiger partial charge >= 0.3 is 5.56 Å². The first-order chi connectivity index (χ1) is 14.7. The maximum Gasteiger partial charge on any atom is 0.310 e. The summed E-state index contributed by atoms with van der Waals surface area (Å²) in [6, 6.07) is 9.83. The van der Waals surface area contributed by atoms with E-state index in [1.807, 2.05) is 41.9 Å². The molecule has 30 heavy (non-hydrogen) atoms. The third-order valence-electron chi connectivity index (χ3n) is 5.69. The fourth-order valence-electron chi connectivity index (χ4n) is 4.10. The van der Waals surface area contributed by atoms with Crippen molar-refractivity contribution in [2.45, 2.75) is 45.3 Å². The van der Waals surface area contributed by atoms with Gasteiger partial charge in [0.2, 0.25) is 11.7 Å². The Morgan fingerprint density at radius 3 is 2.77 bits per heavy atom. The smallest absolute Gasteiger partial charge is 0.310 e. The molecule has 1 saturated heterocycles. The van der Waals surface area contributed by atoms with E-state index >= 15 is 0 Å². The van der Waals surface area contributed by atoms with Crippen LogP contribution in [-0.2, 0) is 17.8 Å². The van der Waals surface area contributed by atoms with Gasteiger partial charge in [0.1, 0.15) is 11.4 Å². The molecule has 8 nitrogen and oxygen atoms in total. The quantitative estimate of drug-likeness (QED) is 0.699. The van der Waals surface area contributed by atoms with Gasteiger partial charge in [-0.15, -0.1) is 0 Å². The van der Waals surface area contributed by atoms with E-state index in [9.17, 15) is 4.79 Å². The molecule has 4 heterocycles. The van der Waals surface area contributed by atoms with Crippen molar-refractivity contribution in [3.8, 4) is 22.9 Å². The molecular formula is C22H25N5O3. The van der Waals surface area contributed by atoms with Crippen molar-refractivity contribution in [2.75, 3.05) is 18.5 Å². The molecule has 3 aromatic rings. The highest BCUT2D eigenvalue weighted by atomic mass is 16.5. The Morgan fingerprint density at radius 2 is 1.93 bits per heavy atom. The molecule has 0 saturated carbocycles. The van der Waals surface area contributed by atoms with Crippen LogP contribution in [0.15, 0.2) is 41.3 Å². The van der Waals surface area contributed by atoms with Crippen molar-refractivity contribution in [1.29, 1.82) is 0 Å². The van der Waals surface area contributed by atoms with E-state index in [4.69, 9.17) is 14.5 Å². The number of benzene rings is 1. The topological polar surface area (TPSA) is 83.2 Å². The van der Waals surface area contributed by atoms with Crippen molar-refractivity contribution in [1.82, 2.24) is 19.3 Å². The van der Waals surface area contributed by atoms with Gasteiger partial charge in [0, 0.05) is 38.5 Å². The maximum absolute atomic E-state index is 13.1. The number of para-hydroxylation sites is 1. The van der Waals surface area contributed by atoms with E-state index in [0.717, 1.165) is 44.6 Å². The molecule has 2 aliphatic rings. The zero-order chi connectivity index (χ0) is 20.5. The van der Waals surface area contributed by atoms with Gasteiger partial charge in [-0.3, -0.25) is 9.48 Å². The van der Waals surface area contributed by atoms with Gasteiger partial charge in [-0.05, 0) is 43.9 Å². The summed E-state index contributed by atoms with van der Waals surface area (Å²) >= 11 is 0. The molecule has 0 radical (unpaired) electrons. The van der Waals surface area contributed by atoms with E-state index in [2.05, 4.69) is 10.3 Å². The van der Waals surface area contributed by atoms with Crippen molar-refractivity contribution < 1.29 is 9.47 Å². The third kappa shape index (κ3) is 3.47. The van der Waals surface area contributed by atoms with Crippen molar-refractivity contribution in [2.24, 2.45) is 0 Å². The van der Waals surface area contributed by atoms with Crippen molar-refractivity contribution in [3.63, 3.8) is 0 Å². The van der Waals surface area contributed by atoms with Crippen LogP contribution in [0.25, 0.3) is 11.4 Å². The molecule has 5 rings (SSSR count). The van der Waals surface area contributed by atoms with Gasteiger partial charge in [0.15, 0.2) is 0 Å². The molecular weight excluding hydrogens is 382 g/mol. The number of hydrogen-bond acceptors (Lipinski definition) is 6. The molecule has 8 heteroatoms. The summed E-state index contributed by atoms with van der Waals surface area (Å²) in [7, 11) is 0. The van der Waals surface area contributed by atoms with E-state index in [1.54, 1.807) is 10.9 Å². The van der Waals surface area contributed by atoms with Crippen LogP contribution in [0.3, 0.4) is 0 Å². The average molecular weight is 407 g/mol. The van der Waals surface area contributed by atoms with Crippen LogP contribution in [-0.4, -0.2) is 38.6 Å². The van der Waals surface area contributed by atoms with E-state index < -0.39 is 0 Å². The van der Waals surface area contributed by atoms with Gasteiger partial charge in [-0.2, -0.15) is 0 Å². The number of ether oxygens (including phenoxy) is 2. The van der Waals surface area contributed by atoms with Gasteiger partial charge in [-0.1, -0.05) is 18.2 Å². The van der Waals surface area contributed by atoms with Crippen LogP contribution < -0.4 is 15.6 Å². The lowest BCUT2D eigenvalue weighted by Gasteiger charge is -2.23. The number of fused-ring (bicyclic) bond motifs is 1. The Balaban J connectivity index is 1.54. The van der Waals surface area contributed by atoms with E-state index in [0.29, 0.717) is 41.4 Å². The second kappa shape index (κ2) is 7.95. The number of hydrogen-bond donors (Lipinski definition) is 1. The second-order valence-corrected chi connectivity index (χ2v) is 7.75. The average Bonchev–Trinajstić information content (AvgIpc) is 3.33. The highest BCUT2D eigenvalue weighted by molar-refractivity contribution is 5.65. The summed E-state index contributed by atoms with van der Waals surface area (Å²) in [4.78, 5) is 22.2. The van der Waals surface area contributed by atoms with Crippen LogP contribution in [0.1, 0.15) is 24.8 Å². The minimum Gasteiger partial charge on any atom is -0.449 e. The first-order valence-electron chi connectivity index (χ1n) is 10.5. The predicted octanol–water partition coefficient (Wildman–Crippen LogP) is 3.20. The Kier molecular flexibility index (Phi) is 5.00. The molecule has 1 aromatic carbocycles. The van der Waals surface area contributed by atoms with Crippen LogP contribution in [0.2, 0.25) is 0 Å².